The molecule has 1 saturated carbocycles. The van der Waals surface area contributed by atoms with Crippen LogP contribution in [0.25, 0.3) is 0 Å². The van der Waals surface area contributed by atoms with Crippen molar-refractivity contribution >= 4 is 15.9 Å². The van der Waals surface area contributed by atoms with Gasteiger partial charge >= 0.3 is 0 Å². The summed E-state index contributed by atoms with van der Waals surface area (Å²) in [5.41, 5.74) is 0.129. The third kappa shape index (κ3) is 3.67. The van der Waals surface area contributed by atoms with Gasteiger partial charge in [-0.05, 0) is 31.6 Å². The second-order valence-electron chi connectivity index (χ2n) is 5.70. The molecule has 1 aliphatic heterocycles. The van der Waals surface area contributed by atoms with Crippen LogP contribution in [0.3, 0.4) is 0 Å². The Bertz CT molecular complexity index is 443. The molecule has 1 spiro atoms. The van der Waals surface area contributed by atoms with Crippen LogP contribution in [0.4, 0.5) is 0 Å². The molecule has 0 aromatic rings. The summed E-state index contributed by atoms with van der Waals surface area (Å²) < 4.78 is 30.0. The second-order valence-corrected chi connectivity index (χ2v) is 7.48. The lowest BCUT2D eigenvalue weighted by Crippen LogP contribution is -2.52. The van der Waals surface area contributed by atoms with Crippen molar-refractivity contribution in [3.05, 3.63) is 0 Å². The fourth-order valence-corrected chi connectivity index (χ4v) is 3.91. The lowest BCUT2D eigenvalue weighted by atomic mass is 9.65. The molecular formula is C12H22N2O4S. The van der Waals surface area contributed by atoms with E-state index >= 15 is 0 Å². The molecule has 19 heavy (non-hydrogen) atoms. The minimum absolute atomic E-state index is 0.0388. The SMILES string of the molecule is CCOCC(=O)N1CCC2(CC(NS(C)(=O)=O)C2)C1. The number of amides is 1. The first-order valence-electron chi connectivity index (χ1n) is 6.66. The minimum Gasteiger partial charge on any atom is -0.372 e. The zero-order valence-electron chi connectivity index (χ0n) is 11.5. The lowest BCUT2D eigenvalue weighted by molar-refractivity contribution is -0.135. The molecule has 0 radical (unpaired) electrons. The van der Waals surface area contributed by atoms with Gasteiger partial charge in [-0.15, -0.1) is 0 Å². The van der Waals surface area contributed by atoms with Crippen molar-refractivity contribution in [2.45, 2.75) is 32.2 Å². The van der Waals surface area contributed by atoms with Gasteiger partial charge in [-0.3, -0.25) is 4.79 Å². The molecule has 0 aromatic carbocycles. The van der Waals surface area contributed by atoms with Gasteiger partial charge in [0.25, 0.3) is 0 Å². The van der Waals surface area contributed by atoms with Gasteiger partial charge in [-0.25, -0.2) is 13.1 Å². The monoisotopic (exact) mass is 290 g/mol. The smallest absolute Gasteiger partial charge is 0.248 e. The Labute approximate surface area is 114 Å². The van der Waals surface area contributed by atoms with E-state index in [1.165, 1.54) is 6.26 Å². The van der Waals surface area contributed by atoms with Crippen LogP contribution >= 0.6 is 0 Å². The van der Waals surface area contributed by atoms with Crippen LogP contribution in [0.2, 0.25) is 0 Å². The number of carbonyl (C=O) groups is 1. The van der Waals surface area contributed by atoms with Crippen LogP contribution < -0.4 is 4.72 Å². The van der Waals surface area contributed by atoms with Gasteiger partial charge in [0.15, 0.2) is 0 Å². The summed E-state index contributed by atoms with van der Waals surface area (Å²) in [7, 11) is -3.12. The number of hydrogen-bond acceptors (Lipinski definition) is 4. The normalized spacial score (nSPS) is 30.6. The molecule has 2 rings (SSSR count). The summed E-state index contributed by atoms with van der Waals surface area (Å²) in [5, 5.41) is 0. The van der Waals surface area contributed by atoms with Crippen LogP contribution in [-0.2, 0) is 19.6 Å². The number of sulfonamides is 1. The molecule has 1 aliphatic carbocycles. The molecule has 6 nitrogen and oxygen atoms in total. The van der Waals surface area contributed by atoms with E-state index in [0.717, 1.165) is 32.4 Å². The third-order valence-electron chi connectivity index (χ3n) is 3.96. The lowest BCUT2D eigenvalue weighted by Gasteiger charge is -2.45. The number of nitrogens with zero attached hydrogens (tertiary/aromatic N) is 1. The first-order chi connectivity index (χ1) is 8.84. The highest BCUT2D eigenvalue weighted by molar-refractivity contribution is 7.88. The first-order valence-corrected chi connectivity index (χ1v) is 8.55. The molecule has 1 saturated heterocycles. The van der Waals surface area contributed by atoms with E-state index < -0.39 is 10.0 Å². The number of hydrogen-bond donors (Lipinski definition) is 1. The zero-order valence-corrected chi connectivity index (χ0v) is 12.3. The average Bonchev–Trinajstić information content (AvgIpc) is 2.68. The summed E-state index contributed by atoms with van der Waals surface area (Å²) in [6.07, 6.45) is 3.81. The van der Waals surface area contributed by atoms with E-state index in [4.69, 9.17) is 4.74 Å². The average molecular weight is 290 g/mol. The molecule has 1 heterocycles. The number of likely N-dealkylation sites (tertiary alicyclic amines) is 1. The van der Waals surface area contributed by atoms with Crippen LogP contribution in [0.5, 0.6) is 0 Å². The van der Waals surface area contributed by atoms with Crippen LogP contribution in [0.15, 0.2) is 0 Å². The summed E-state index contributed by atoms with van der Waals surface area (Å²) >= 11 is 0. The van der Waals surface area contributed by atoms with Gasteiger partial charge in [0, 0.05) is 25.7 Å². The molecule has 1 N–H and O–H groups in total. The van der Waals surface area contributed by atoms with Crippen LogP contribution in [0.1, 0.15) is 26.2 Å². The fourth-order valence-electron chi connectivity index (χ4n) is 3.13. The van der Waals surface area contributed by atoms with Crippen LogP contribution in [0, 0.1) is 5.41 Å². The summed E-state index contributed by atoms with van der Waals surface area (Å²) in [4.78, 5) is 13.7. The molecule has 2 aliphatic rings. The topological polar surface area (TPSA) is 75.7 Å². The summed E-state index contributed by atoms with van der Waals surface area (Å²) in [6, 6.07) is 0.0388. The van der Waals surface area contributed by atoms with Crippen molar-refractivity contribution < 1.29 is 17.9 Å². The van der Waals surface area contributed by atoms with E-state index in [0.29, 0.717) is 6.61 Å². The zero-order chi connectivity index (χ0) is 14.1. The largest absolute Gasteiger partial charge is 0.372 e. The molecule has 0 aromatic heterocycles. The Morgan fingerprint density at radius 2 is 2.16 bits per heavy atom. The number of nitrogens with one attached hydrogen (secondary N) is 1. The van der Waals surface area contributed by atoms with E-state index in [1.807, 2.05) is 11.8 Å². The molecule has 1 amide bonds. The number of ether oxygens (including phenoxy) is 1. The van der Waals surface area contributed by atoms with Crippen LogP contribution in [-0.4, -0.2) is 57.8 Å². The van der Waals surface area contributed by atoms with Crippen molar-refractivity contribution in [3.8, 4) is 0 Å². The number of carbonyl (C=O) groups excluding carboxylic acids is 1. The Kier molecular flexibility index (Phi) is 4.17. The van der Waals surface area contributed by atoms with Crippen molar-refractivity contribution in [2.75, 3.05) is 32.6 Å². The minimum atomic E-state index is -3.12. The Balaban J connectivity index is 1.79. The first kappa shape index (κ1) is 14.7. The second kappa shape index (κ2) is 5.38. The maximum absolute atomic E-state index is 11.8. The molecular weight excluding hydrogens is 268 g/mol. The summed E-state index contributed by atoms with van der Waals surface area (Å²) in [5.74, 6) is 0.0400. The van der Waals surface area contributed by atoms with Crippen molar-refractivity contribution in [3.63, 3.8) is 0 Å². The highest BCUT2D eigenvalue weighted by Crippen LogP contribution is 2.48. The molecule has 0 atom stereocenters. The number of rotatable bonds is 5. The van der Waals surface area contributed by atoms with Crippen molar-refractivity contribution in [1.82, 2.24) is 9.62 Å². The fraction of sp³-hybridized carbons (Fsp3) is 0.917. The van der Waals surface area contributed by atoms with Gasteiger partial charge in [0.05, 0.1) is 6.26 Å². The molecule has 2 fully saturated rings. The predicted octanol–water partition coefficient (Wildman–Crippen LogP) is -0.0468. The van der Waals surface area contributed by atoms with E-state index in [1.54, 1.807) is 0 Å². The highest BCUT2D eigenvalue weighted by atomic mass is 32.2. The maximum atomic E-state index is 11.8. The van der Waals surface area contributed by atoms with E-state index in [-0.39, 0.29) is 24.0 Å². The van der Waals surface area contributed by atoms with Gasteiger partial charge in [-0.2, -0.15) is 0 Å². The quantitative estimate of drug-likeness (QED) is 0.770. The molecule has 0 bridgehead atoms. The standard InChI is InChI=1S/C12H22N2O4S/c1-3-18-8-11(15)14-5-4-12(9-14)6-10(7-12)13-19(2,16)17/h10,13H,3-9H2,1-2H3. The Morgan fingerprint density at radius 3 is 2.74 bits per heavy atom. The predicted molar refractivity (Wildman–Crippen MR) is 71.1 cm³/mol. The Hall–Kier alpha value is -0.660. The maximum Gasteiger partial charge on any atom is 0.248 e. The molecule has 7 heteroatoms. The van der Waals surface area contributed by atoms with Crippen molar-refractivity contribution in [1.29, 1.82) is 0 Å². The molecule has 0 unspecified atom stereocenters. The van der Waals surface area contributed by atoms with Gasteiger partial charge in [-0.1, -0.05) is 0 Å². The summed E-state index contributed by atoms with van der Waals surface area (Å²) in [6.45, 7) is 4.06. The van der Waals surface area contributed by atoms with Gasteiger partial charge in [0.1, 0.15) is 6.61 Å². The third-order valence-corrected chi connectivity index (χ3v) is 4.72. The van der Waals surface area contributed by atoms with Crippen molar-refractivity contribution in [2.24, 2.45) is 5.41 Å². The van der Waals surface area contributed by atoms with E-state index in [9.17, 15) is 13.2 Å². The molecule has 110 valence electrons. The highest BCUT2D eigenvalue weighted by Gasteiger charge is 2.49. The Morgan fingerprint density at radius 1 is 1.47 bits per heavy atom. The van der Waals surface area contributed by atoms with Gasteiger partial charge in [0.2, 0.25) is 15.9 Å². The van der Waals surface area contributed by atoms with Gasteiger partial charge < -0.3 is 9.64 Å². The van der Waals surface area contributed by atoms with E-state index in [2.05, 4.69) is 4.72 Å².